The first kappa shape index (κ1) is 41.3. The number of aromatic nitrogens is 1. The lowest BCUT2D eigenvalue weighted by Crippen LogP contribution is -2.61. The van der Waals surface area contributed by atoms with Gasteiger partial charge in [0.2, 0.25) is 0 Å². The van der Waals surface area contributed by atoms with Gasteiger partial charge < -0.3 is 33.7 Å². The molecule has 0 bridgehead atoms. The smallest absolute Gasteiger partial charge is 0.429 e. The van der Waals surface area contributed by atoms with Crippen LogP contribution in [0, 0.1) is 23.7 Å². The molecule has 4 rings (SSSR count). The second kappa shape index (κ2) is 16.3. The first-order valence-corrected chi connectivity index (χ1v) is 18.0. The van der Waals surface area contributed by atoms with Gasteiger partial charge in [-0.3, -0.25) is 29.6 Å². The van der Waals surface area contributed by atoms with Crippen molar-refractivity contribution in [2.75, 3.05) is 21.2 Å². The fraction of sp³-hybridized carbons (Fsp3) is 0.730. The largest absolute Gasteiger partial charge is 0.457 e. The third-order valence-electron chi connectivity index (χ3n) is 11.2. The maximum atomic E-state index is 14.5. The van der Waals surface area contributed by atoms with Crippen LogP contribution < -0.4 is 5.43 Å². The molecular weight excluding hydrogens is 676 g/mol. The molecule has 3 aliphatic heterocycles. The third kappa shape index (κ3) is 8.03. The Morgan fingerprint density at radius 3 is 2.35 bits per heavy atom. The van der Waals surface area contributed by atoms with E-state index in [1.807, 2.05) is 25.9 Å². The monoisotopic (exact) mass is 732 g/mol. The highest BCUT2D eigenvalue weighted by Gasteiger charge is 2.61. The number of carbonyl (C=O) groups is 5. The van der Waals surface area contributed by atoms with E-state index in [-0.39, 0.29) is 36.3 Å². The number of esters is 1. The number of nitrogens with zero attached hydrogens (tertiary/aromatic N) is 3. The first-order valence-electron chi connectivity index (χ1n) is 18.0. The van der Waals surface area contributed by atoms with Crippen molar-refractivity contribution in [2.45, 2.75) is 129 Å². The molecule has 4 heterocycles. The number of fused-ring (bicyclic) bond motifs is 1. The van der Waals surface area contributed by atoms with E-state index in [9.17, 15) is 29.1 Å². The zero-order valence-corrected chi connectivity index (χ0v) is 32.2. The summed E-state index contributed by atoms with van der Waals surface area (Å²) >= 11 is 0. The van der Waals surface area contributed by atoms with Gasteiger partial charge in [0.1, 0.15) is 30.0 Å². The van der Waals surface area contributed by atoms with E-state index in [0.29, 0.717) is 6.42 Å². The number of carbonyl (C=O) groups excluding carboxylic acids is 5. The number of amides is 2. The van der Waals surface area contributed by atoms with Crippen LogP contribution in [0.15, 0.2) is 24.5 Å². The van der Waals surface area contributed by atoms with Crippen LogP contribution in [-0.4, -0.2) is 125 Å². The molecule has 0 unspecified atom stereocenters. The van der Waals surface area contributed by atoms with Crippen LogP contribution >= 0.6 is 0 Å². The number of pyridine rings is 1. The summed E-state index contributed by atoms with van der Waals surface area (Å²) in [5.74, 6) is -6.36. The highest BCUT2D eigenvalue weighted by molar-refractivity contribution is 6.00. The Balaban J connectivity index is 1.79. The van der Waals surface area contributed by atoms with E-state index in [2.05, 4.69) is 10.4 Å². The standard InChI is InChI=1S/C37H56N4O11/c1-12-26-37(8)30(41(35(47)52-37)39-32(45)24-14-13-15-38-18-24)21(4)27(42)19(2)17-36(7,48-11)31(22(5)28(43)23(6)33(46)50-26)51-34-29(44)25(40(9)10)16-20(3)49-34/h13-15,18-23,25-26,29-31,34,44H,12,16-17H2,1-11H3,(H,39,45)/t19-,20-,21+,22+,23-,25+,26-,29-,30-,31-,34+,36-,37-/m1/s1. The zero-order valence-electron chi connectivity index (χ0n) is 32.2. The lowest BCUT2D eigenvalue weighted by Gasteiger charge is -2.47. The van der Waals surface area contributed by atoms with Gasteiger partial charge in [0.05, 0.1) is 23.4 Å². The van der Waals surface area contributed by atoms with Gasteiger partial charge in [0.15, 0.2) is 17.7 Å². The molecule has 3 fully saturated rings. The molecule has 0 spiro atoms. The van der Waals surface area contributed by atoms with Crippen LogP contribution in [0.5, 0.6) is 0 Å². The Hall–Kier alpha value is -3.50. The predicted octanol–water partition coefficient (Wildman–Crippen LogP) is 2.93. The molecule has 15 heteroatoms. The second-order valence-corrected chi connectivity index (χ2v) is 15.2. The van der Waals surface area contributed by atoms with Crippen LogP contribution in [0.3, 0.4) is 0 Å². The Kier molecular flexibility index (Phi) is 12.9. The fourth-order valence-electron chi connectivity index (χ4n) is 8.16. The number of nitrogens with one attached hydrogen (secondary N) is 1. The predicted molar refractivity (Wildman–Crippen MR) is 186 cm³/mol. The van der Waals surface area contributed by atoms with Crippen LogP contribution in [0.1, 0.15) is 85.0 Å². The Morgan fingerprint density at radius 2 is 1.77 bits per heavy atom. The van der Waals surface area contributed by atoms with Gasteiger partial charge in [-0.05, 0) is 73.2 Å². The number of rotatable bonds is 7. The topological polar surface area (TPSA) is 183 Å². The van der Waals surface area contributed by atoms with E-state index < -0.39 is 89.3 Å². The van der Waals surface area contributed by atoms with Gasteiger partial charge in [-0.1, -0.05) is 27.7 Å². The molecule has 1 aromatic rings. The van der Waals surface area contributed by atoms with Crippen LogP contribution in [0.4, 0.5) is 4.79 Å². The summed E-state index contributed by atoms with van der Waals surface area (Å²) in [7, 11) is 5.14. The van der Waals surface area contributed by atoms with Gasteiger partial charge in [-0.2, -0.15) is 0 Å². The van der Waals surface area contributed by atoms with Crippen LogP contribution in [-0.2, 0) is 38.1 Å². The number of aliphatic hydroxyl groups excluding tert-OH is 1. The minimum Gasteiger partial charge on any atom is -0.457 e. The number of hydrogen-bond donors (Lipinski definition) is 2. The molecule has 15 nitrogen and oxygen atoms in total. The molecule has 1 aromatic heterocycles. The van der Waals surface area contributed by atoms with Crippen LogP contribution in [0.2, 0.25) is 0 Å². The van der Waals surface area contributed by atoms with E-state index in [1.54, 1.807) is 47.6 Å². The summed E-state index contributed by atoms with van der Waals surface area (Å²) in [6.45, 7) is 13.3. The Morgan fingerprint density at radius 1 is 1.10 bits per heavy atom. The van der Waals surface area contributed by atoms with Crippen molar-refractivity contribution < 1.29 is 52.8 Å². The van der Waals surface area contributed by atoms with Gasteiger partial charge in [-0.25, -0.2) is 9.80 Å². The third-order valence-corrected chi connectivity index (χ3v) is 11.2. The number of ketones is 2. The van der Waals surface area contributed by atoms with Gasteiger partial charge in [0.25, 0.3) is 5.91 Å². The molecule has 3 saturated heterocycles. The average Bonchev–Trinajstić information content (AvgIpc) is 3.37. The van der Waals surface area contributed by atoms with Gasteiger partial charge in [-0.15, -0.1) is 0 Å². The number of hydrogen-bond acceptors (Lipinski definition) is 13. The number of aliphatic hydroxyl groups is 1. The minimum atomic E-state index is -1.62. The molecule has 0 saturated carbocycles. The molecule has 290 valence electrons. The van der Waals surface area contributed by atoms with Crippen molar-refractivity contribution >= 4 is 29.5 Å². The summed E-state index contributed by atoms with van der Waals surface area (Å²) in [4.78, 5) is 75.3. The lowest BCUT2D eigenvalue weighted by molar-refractivity contribution is -0.295. The van der Waals surface area contributed by atoms with Crippen molar-refractivity contribution in [2.24, 2.45) is 23.7 Å². The van der Waals surface area contributed by atoms with Crippen molar-refractivity contribution in [3.63, 3.8) is 0 Å². The zero-order chi connectivity index (χ0) is 38.9. The first-order chi connectivity index (χ1) is 24.3. The second-order valence-electron chi connectivity index (χ2n) is 15.2. The van der Waals surface area contributed by atoms with Crippen molar-refractivity contribution in [1.29, 1.82) is 0 Å². The molecule has 3 aliphatic rings. The van der Waals surface area contributed by atoms with Gasteiger partial charge >= 0.3 is 12.1 Å². The highest BCUT2D eigenvalue weighted by Crippen LogP contribution is 2.42. The summed E-state index contributed by atoms with van der Waals surface area (Å²) in [5, 5.41) is 12.3. The van der Waals surface area contributed by atoms with Crippen molar-refractivity contribution in [3.8, 4) is 0 Å². The number of Topliss-reactive ketones (excluding diaryl/α,β-unsaturated/α-hetero) is 2. The average molecular weight is 733 g/mol. The minimum absolute atomic E-state index is 0.0424. The highest BCUT2D eigenvalue weighted by atomic mass is 16.7. The van der Waals surface area contributed by atoms with Crippen molar-refractivity contribution in [3.05, 3.63) is 30.1 Å². The fourth-order valence-corrected chi connectivity index (χ4v) is 8.16. The van der Waals surface area contributed by atoms with Crippen LogP contribution in [0.25, 0.3) is 0 Å². The summed E-state index contributed by atoms with van der Waals surface area (Å²) < 4.78 is 30.6. The summed E-state index contributed by atoms with van der Waals surface area (Å²) in [6.07, 6.45) is -2.10. The quantitative estimate of drug-likeness (QED) is 0.309. The SMILES string of the molecule is CC[C@H]1OC(=O)[C@H](C)C(=O)[C@H](C)[C@@H](O[C@@H]2O[C@H](C)C[C@H](N(C)C)[C@H]2O)[C@](C)(OC)C[C@@H](C)C(=O)[C@H](C)[C@H]2N(NC(=O)c3cccnc3)C(=O)O[C@]12C. The Bertz CT molecular complexity index is 1480. The number of methoxy groups -OCH3 is 1. The van der Waals surface area contributed by atoms with E-state index in [0.717, 1.165) is 5.01 Å². The molecule has 13 atom stereocenters. The van der Waals surface area contributed by atoms with E-state index in [1.165, 1.54) is 32.5 Å². The van der Waals surface area contributed by atoms with E-state index >= 15 is 0 Å². The maximum Gasteiger partial charge on any atom is 0.429 e. The molecular formula is C37H56N4O11. The molecule has 0 aromatic carbocycles. The summed E-state index contributed by atoms with van der Waals surface area (Å²) in [5.41, 5.74) is -0.199. The van der Waals surface area contributed by atoms with Gasteiger partial charge in [0, 0.05) is 43.3 Å². The Labute approximate surface area is 306 Å². The molecule has 2 amide bonds. The normalized spacial score (nSPS) is 39.4. The lowest BCUT2D eigenvalue weighted by atomic mass is 9.73. The van der Waals surface area contributed by atoms with Crippen molar-refractivity contribution in [1.82, 2.24) is 20.3 Å². The van der Waals surface area contributed by atoms with E-state index in [4.69, 9.17) is 23.7 Å². The maximum absolute atomic E-state index is 14.5. The summed E-state index contributed by atoms with van der Waals surface area (Å²) in [6, 6.07) is 1.64. The number of likely N-dealkylation sites (N-methyl/N-ethyl adjacent to an activating group) is 1. The molecule has 0 radical (unpaired) electrons. The molecule has 52 heavy (non-hydrogen) atoms. The number of cyclic esters (lactones) is 1. The molecule has 0 aliphatic carbocycles. The number of hydrazine groups is 1. The number of ether oxygens (including phenoxy) is 5. The molecule has 2 N–H and O–H groups in total.